The number of hydrogen-bond donors (Lipinski definition) is 0. The van der Waals surface area contributed by atoms with E-state index in [-0.39, 0.29) is 6.61 Å². The van der Waals surface area contributed by atoms with Crippen molar-refractivity contribution in [2.24, 2.45) is 0 Å². The molecule has 29 heavy (non-hydrogen) atoms. The Labute approximate surface area is 166 Å². The smallest absolute Gasteiger partial charge is 0.347 e. The molecule has 1 atom stereocenters. The van der Waals surface area contributed by atoms with E-state index in [4.69, 9.17) is 18.3 Å². The number of carbonyl (C=O) groups excluding carboxylic acids is 1. The Bertz CT molecular complexity index is 1230. The van der Waals surface area contributed by atoms with Crippen molar-refractivity contribution in [1.82, 2.24) is 0 Å². The molecule has 0 spiro atoms. The predicted molar refractivity (Wildman–Crippen MR) is 109 cm³/mol. The summed E-state index contributed by atoms with van der Waals surface area (Å²) in [6, 6.07) is 14.4. The van der Waals surface area contributed by atoms with Gasteiger partial charge >= 0.3 is 11.6 Å². The molecule has 0 amide bonds. The van der Waals surface area contributed by atoms with Gasteiger partial charge in [-0.05, 0) is 50.6 Å². The second kappa shape index (κ2) is 7.47. The number of esters is 1. The van der Waals surface area contributed by atoms with Gasteiger partial charge in [-0.15, -0.1) is 0 Å². The lowest BCUT2D eigenvalue weighted by Gasteiger charge is -2.16. The number of carbonyl (C=O) groups is 1. The van der Waals surface area contributed by atoms with Gasteiger partial charge in [-0.2, -0.15) is 0 Å². The third-order valence-corrected chi connectivity index (χ3v) is 4.65. The minimum Gasteiger partial charge on any atom is -0.479 e. The predicted octanol–water partition coefficient (Wildman–Crippen LogP) is 4.85. The number of ether oxygens (including phenoxy) is 2. The number of rotatable bonds is 5. The fraction of sp³-hybridized carbons (Fsp3) is 0.217. The third kappa shape index (κ3) is 3.61. The van der Waals surface area contributed by atoms with Gasteiger partial charge in [0.1, 0.15) is 22.7 Å². The average Bonchev–Trinajstić information content (AvgIpc) is 3.12. The Morgan fingerprint density at radius 3 is 2.62 bits per heavy atom. The van der Waals surface area contributed by atoms with Crippen LogP contribution in [0.1, 0.15) is 19.4 Å². The van der Waals surface area contributed by atoms with Gasteiger partial charge in [-0.1, -0.05) is 18.2 Å². The topological polar surface area (TPSA) is 78.9 Å². The quantitative estimate of drug-likeness (QED) is 0.357. The highest BCUT2D eigenvalue weighted by molar-refractivity contribution is 5.95. The fourth-order valence-electron chi connectivity index (χ4n) is 3.23. The molecule has 0 bridgehead atoms. The molecule has 4 aromatic rings. The van der Waals surface area contributed by atoms with Crippen LogP contribution in [0.2, 0.25) is 0 Å². The lowest BCUT2D eigenvalue weighted by atomic mass is 10.0. The molecule has 0 fully saturated rings. The van der Waals surface area contributed by atoms with E-state index in [1.54, 1.807) is 26.0 Å². The van der Waals surface area contributed by atoms with Crippen LogP contribution in [0, 0.1) is 6.92 Å². The first-order valence-electron chi connectivity index (χ1n) is 9.37. The van der Waals surface area contributed by atoms with Crippen molar-refractivity contribution < 1.29 is 23.1 Å². The number of aryl methyl sites for hydroxylation is 1. The number of benzene rings is 2. The summed E-state index contributed by atoms with van der Waals surface area (Å²) in [5.74, 6) is 0.616. The molecule has 0 radical (unpaired) electrons. The number of para-hydroxylation sites is 1. The largest absolute Gasteiger partial charge is 0.479 e. The molecule has 148 valence electrons. The van der Waals surface area contributed by atoms with E-state index in [0.29, 0.717) is 28.0 Å². The maximum absolute atomic E-state index is 12.1. The lowest BCUT2D eigenvalue weighted by molar-refractivity contribution is -0.150. The minimum atomic E-state index is -0.767. The fourth-order valence-corrected chi connectivity index (χ4v) is 3.23. The van der Waals surface area contributed by atoms with Gasteiger partial charge in [0.05, 0.1) is 6.61 Å². The molecule has 2 aromatic carbocycles. The van der Waals surface area contributed by atoms with Crippen molar-refractivity contribution in [2.75, 3.05) is 6.61 Å². The maximum atomic E-state index is 12.1. The summed E-state index contributed by atoms with van der Waals surface area (Å²) >= 11 is 0. The van der Waals surface area contributed by atoms with Crippen molar-refractivity contribution in [2.45, 2.75) is 26.9 Å². The zero-order valence-electron chi connectivity index (χ0n) is 16.4. The molecule has 0 unspecified atom stereocenters. The molecule has 6 nitrogen and oxygen atoms in total. The third-order valence-electron chi connectivity index (χ3n) is 4.65. The standard InChI is InChI=1S/C23H20O6/c1-4-26-23(25)14(3)27-19-11-16-17(12-22(24)29-20(16)9-13(19)2)21-10-15-7-5-6-8-18(15)28-21/h5-12,14H,4H2,1-3H3/t14-/m1/s1. The van der Waals surface area contributed by atoms with Crippen molar-refractivity contribution in [3.63, 3.8) is 0 Å². The molecule has 6 heteroatoms. The van der Waals surface area contributed by atoms with Crippen LogP contribution in [-0.2, 0) is 9.53 Å². The summed E-state index contributed by atoms with van der Waals surface area (Å²) in [4.78, 5) is 24.1. The zero-order chi connectivity index (χ0) is 20.5. The molecule has 0 saturated carbocycles. The van der Waals surface area contributed by atoms with Crippen molar-refractivity contribution >= 4 is 27.9 Å². The molecule has 0 aliphatic carbocycles. The van der Waals surface area contributed by atoms with E-state index in [1.807, 2.05) is 37.3 Å². The highest BCUT2D eigenvalue weighted by Gasteiger charge is 2.19. The summed E-state index contributed by atoms with van der Waals surface area (Å²) < 4.78 is 22.2. The number of fused-ring (bicyclic) bond motifs is 2. The highest BCUT2D eigenvalue weighted by atomic mass is 16.6. The van der Waals surface area contributed by atoms with Crippen LogP contribution in [0.25, 0.3) is 33.3 Å². The van der Waals surface area contributed by atoms with E-state index in [0.717, 1.165) is 16.5 Å². The van der Waals surface area contributed by atoms with Crippen LogP contribution in [0.3, 0.4) is 0 Å². The Kier molecular flexibility index (Phi) is 4.84. The summed E-state index contributed by atoms with van der Waals surface area (Å²) in [5.41, 5.74) is 2.01. The Morgan fingerprint density at radius 1 is 1.07 bits per heavy atom. The molecule has 0 aliphatic heterocycles. The van der Waals surface area contributed by atoms with Crippen molar-refractivity contribution in [3.05, 3.63) is 64.5 Å². The number of furan rings is 1. The first kappa shape index (κ1) is 18.8. The monoisotopic (exact) mass is 392 g/mol. The molecular weight excluding hydrogens is 372 g/mol. The highest BCUT2D eigenvalue weighted by Crippen LogP contribution is 2.35. The van der Waals surface area contributed by atoms with Crippen LogP contribution in [0.15, 0.2) is 62.2 Å². The SMILES string of the molecule is CCOC(=O)[C@@H](C)Oc1cc2c(-c3cc4ccccc4o3)cc(=O)oc2cc1C. The zero-order valence-corrected chi connectivity index (χ0v) is 16.4. The second-order valence-electron chi connectivity index (χ2n) is 6.75. The van der Waals surface area contributed by atoms with Crippen LogP contribution in [0.4, 0.5) is 0 Å². The summed E-state index contributed by atoms with van der Waals surface area (Å²) in [6.45, 7) is 5.48. The van der Waals surface area contributed by atoms with Gasteiger partial charge in [0, 0.05) is 22.4 Å². The van der Waals surface area contributed by atoms with Gasteiger partial charge in [0.15, 0.2) is 6.10 Å². The lowest BCUT2D eigenvalue weighted by Crippen LogP contribution is -2.26. The molecule has 0 N–H and O–H groups in total. The Hall–Kier alpha value is -3.54. The van der Waals surface area contributed by atoms with E-state index in [1.165, 1.54) is 6.07 Å². The van der Waals surface area contributed by atoms with Crippen LogP contribution in [0.5, 0.6) is 5.75 Å². The van der Waals surface area contributed by atoms with Crippen LogP contribution >= 0.6 is 0 Å². The first-order valence-corrected chi connectivity index (χ1v) is 9.37. The minimum absolute atomic E-state index is 0.282. The molecule has 4 rings (SSSR count). The van der Waals surface area contributed by atoms with Gasteiger partial charge in [-0.25, -0.2) is 9.59 Å². The molecule has 2 aromatic heterocycles. The molecule has 2 heterocycles. The van der Waals surface area contributed by atoms with Crippen LogP contribution in [-0.4, -0.2) is 18.7 Å². The van der Waals surface area contributed by atoms with E-state index in [2.05, 4.69) is 0 Å². The van der Waals surface area contributed by atoms with E-state index < -0.39 is 17.7 Å². The van der Waals surface area contributed by atoms with Gasteiger partial charge in [-0.3, -0.25) is 0 Å². The van der Waals surface area contributed by atoms with Crippen molar-refractivity contribution in [1.29, 1.82) is 0 Å². The summed E-state index contributed by atoms with van der Waals surface area (Å²) in [6.07, 6.45) is -0.767. The molecule has 0 saturated heterocycles. The molecular formula is C23H20O6. The first-order chi connectivity index (χ1) is 14.0. The number of hydrogen-bond acceptors (Lipinski definition) is 6. The van der Waals surface area contributed by atoms with Gasteiger partial charge in [0.2, 0.25) is 0 Å². The maximum Gasteiger partial charge on any atom is 0.347 e. The van der Waals surface area contributed by atoms with Crippen LogP contribution < -0.4 is 10.4 Å². The summed E-state index contributed by atoms with van der Waals surface area (Å²) in [7, 11) is 0. The average molecular weight is 392 g/mol. The Morgan fingerprint density at radius 2 is 1.86 bits per heavy atom. The molecule has 0 aliphatic rings. The van der Waals surface area contributed by atoms with Gasteiger partial charge < -0.3 is 18.3 Å². The summed E-state index contributed by atoms with van der Waals surface area (Å²) in [5, 5.41) is 1.59. The van der Waals surface area contributed by atoms with E-state index in [9.17, 15) is 9.59 Å². The van der Waals surface area contributed by atoms with Gasteiger partial charge in [0.25, 0.3) is 0 Å². The van der Waals surface area contributed by atoms with E-state index >= 15 is 0 Å². The Balaban J connectivity index is 1.84. The second-order valence-corrected chi connectivity index (χ2v) is 6.75. The normalized spacial score (nSPS) is 12.2. The van der Waals surface area contributed by atoms with Crippen molar-refractivity contribution in [3.8, 4) is 17.1 Å².